The minimum absolute atomic E-state index is 0.212. The Morgan fingerprint density at radius 1 is 1.21 bits per heavy atom. The Morgan fingerprint density at radius 2 is 1.89 bits per heavy atom. The molecule has 2 rings (SSSR count). The van der Waals surface area contributed by atoms with Crippen LogP contribution in [0.5, 0.6) is 5.75 Å². The van der Waals surface area contributed by atoms with Gasteiger partial charge in [0.15, 0.2) is 0 Å². The first kappa shape index (κ1) is 13.8. The lowest BCUT2D eigenvalue weighted by Gasteiger charge is -2.16. The lowest BCUT2D eigenvalue weighted by Crippen LogP contribution is -2.13. The molecule has 1 atom stereocenters. The van der Waals surface area contributed by atoms with Gasteiger partial charge in [-0.05, 0) is 30.9 Å². The third-order valence-corrected chi connectivity index (χ3v) is 3.39. The van der Waals surface area contributed by atoms with Crippen molar-refractivity contribution in [1.29, 1.82) is 0 Å². The Kier molecular flexibility index (Phi) is 4.38. The summed E-state index contributed by atoms with van der Waals surface area (Å²) >= 11 is 5.10. The first-order chi connectivity index (χ1) is 9.13. The van der Waals surface area contributed by atoms with Gasteiger partial charge < -0.3 is 10.5 Å². The molecule has 0 radical (unpaired) electrons. The van der Waals surface area contributed by atoms with E-state index in [2.05, 4.69) is 13.8 Å². The standard InChI is InChI=1S/C16H19NOS/c1-3-6-11(2)18-15-10-9-14(16(17)19)12-7-4-5-8-13(12)15/h4-5,7-11H,3,6H2,1-2H3,(H2,17,19). The van der Waals surface area contributed by atoms with Crippen molar-refractivity contribution in [3.05, 3.63) is 42.0 Å². The summed E-state index contributed by atoms with van der Waals surface area (Å²) in [7, 11) is 0. The van der Waals surface area contributed by atoms with Crippen LogP contribution in [0.3, 0.4) is 0 Å². The summed E-state index contributed by atoms with van der Waals surface area (Å²) in [5.74, 6) is 0.900. The van der Waals surface area contributed by atoms with Crippen molar-refractivity contribution in [3.63, 3.8) is 0 Å². The Hall–Kier alpha value is -1.61. The van der Waals surface area contributed by atoms with Gasteiger partial charge in [0.2, 0.25) is 0 Å². The van der Waals surface area contributed by atoms with Crippen molar-refractivity contribution in [1.82, 2.24) is 0 Å². The molecule has 2 aromatic rings. The Morgan fingerprint density at radius 3 is 2.53 bits per heavy atom. The summed E-state index contributed by atoms with van der Waals surface area (Å²) in [6, 6.07) is 12.0. The molecule has 2 N–H and O–H groups in total. The maximum Gasteiger partial charge on any atom is 0.127 e. The second-order valence-electron chi connectivity index (χ2n) is 4.74. The van der Waals surface area contributed by atoms with Crippen molar-refractivity contribution in [2.24, 2.45) is 5.73 Å². The van der Waals surface area contributed by atoms with Gasteiger partial charge in [0.05, 0.1) is 6.10 Å². The van der Waals surface area contributed by atoms with Crippen molar-refractivity contribution in [2.75, 3.05) is 0 Å². The zero-order chi connectivity index (χ0) is 13.8. The van der Waals surface area contributed by atoms with Gasteiger partial charge in [-0.2, -0.15) is 0 Å². The van der Waals surface area contributed by atoms with Crippen molar-refractivity contribution >= 4 is 28.0 Å². The van der Waals surface area contributed by atoms with E-state index in [1.807, 2.05) is 36.4 Å². The zero-order valence-electron chi connectivity index (χ0n) is 11.3. The van der Waals surface area contributed by atoms with Crippen LogP contribution in [0, 0.1) is 0 Å². The molecule has 0 saturated heterocycles. The molecule has 0 fully saturated rings. The van der Waals surface area contributed by atoms with Crippen molar-refractivity contribution < 1.29 is 4.74 Å². The van der Waals surface area contributed by atoms with Crippen molar-refractivity contribution in [2.45, 2.75) is 32.8 Å². The van der Waals surface area contributed by atoms with E-state index in [1.54, 1.807) is 0 Å². The van der Waals surface area contributed by atoms with Crippen LogP contribution in [-0.2, 0) is 0 Å². The Bertz CT molecular complexity index is 594. The minimum Gasteiger partial charge on any atom is -0.490 e. The molecule has 2 nitrogen and oxygen atoms in total. The fraction of sp³-hybridized carbons (Fsp3) is 0.312. The quantitative estimate of drug-likeness (QED) is 0.835. The van der Waals surface area contributed by atoms with Gasteiger partial charge >= 0.3 is 0 Å². The zero-order valence-corrected chi connectivity index (χ0v) is 12.2. The molecule has 0 aliphatic rings. The topological polar surface area (TPSA) is 35.2 Å². The van der Waals surface area contributed by atoms with Crippen LogP contribution in [0.4, 0.5) is 0 Å². The summed E-state index contributed by atoms with van der Waals surface area (Å²) < 4.78 is 6.02. The van der Waals surface area contributed by atoms with E-state index in [-0.39, 0.29) is 6.10 Å². The third kappa shape index (κ3) is 3.04. The molecular formula is C16H19NOS. The van der Waals surface area contributed by atoms with E-state index in [1.165, 1.54) is 0 Å². The second kappa shape index (κ2) is 6.02. The van der Waals surface area contributed by atoms with Crippen LogP contribution in [0.15, 0.2) is 36.4 Å². The van der Waals surface area contributed by atoms with Crippen LogP contribution < -0.4 is 10.5 Å². The summed E-state index contributed by atoms with van der Waals surface area (Å²) in [5, 5.41) is 2.12. The lowest BCUT2D eigenvalue weighted by molar-refractivity contribution is 0.212. The summed E-state index contributed by atoms with van der Waals surface area (Å²) in [6.07, 6.45) is 2.37. The number of fused-ring (bicyclic) bond motifs is 1. The molecule has 0 heterocycles. The van der Waals surface area contributed by atoms with Crippen LogP contribution in [0.25, 0.3) is 10.8 Å². The molecule has 0 aliphatic carbocycles. The number of ether oxygens (including phenoxy) is 1. The average molecular weight is 273 g/mol. The van der Waals surface area contributed by atoms with Crippen molar-refractivity contribution in [3.8, 4) is 5.75 Å². The maximum absolute atomic E-state index is 6.02. The first-order valence-electron chi connectivity index (χ1n) is 6.61. The van der Waals surface area contributed by atoms with E-state index < -0.39 is 0 Å². The smallest absolute Gasteiger partial charge is 0.127 e. The monoisotopic (exact) mass is 273 g/mol. The average Bonchev–Trinajstić information content (AvgIpc) is 2.39. The van der Waals surface area contributed by atoms with Crippen LogP contribution in [0.1, 0.15) is 32.3 Å². The Labute approximate surface area is 119 Å². The highest BCUT2D eigenvalue weighted by atomic mass is 32.1. The van der Waals surface area contributed by atoms with Gasteiger partial charge in [-0.15, -0.1) is 0 Å². The molecule has 2 aromatic carbocycles. The minimum atomic E-state index is 0.212. The lowest BCUT2D eigenvalue weighted by atomic mass is 10.0. The fourth-order valence-electron chi connectivity index (χ4n) is 2.27. The van der Waals surface area contributed by atoms with Gasteiger partial charge in [-0.3, -0.25) is 0 Å². The number of hydrogen-bond acceptors (Lipinski definition) is 2. The normalized spacial score (nSPS) is 12.3. The van der Waals surface area contributed by atoms with Gasteiger partial charge in [0.25, 0.3) is 0 Å². The molecule has 100 valence electrons. The molecule has 19 heavy (non-hydrogen) atoms. The summed E-state index contributed by atoms with van der Waals surface area (Å²) in [5.41, 5.74) is 6.67. The van der Waals surface area contributed by atoms with Crippen LogP contribution >= 0.6 is 12.2 Å². The molecule has 0 aliphatic heterocycles. The van der Waals surface area contributed by atoms with Gasteiger partial charge in [0, 0.05) is 10.9 Å². The first-order valence-corrected chi connectivity index (χ1v) is 7.02. The van der Waals surface area contributed by atoms with E-state index in [9.17, 15) is 0 Å². The molecular weight excluding hydrogens is 254 g/mol. The van der Waals surface area contributed by atoms with Gasteiger partial charge in [-0.25, -0.2) is 0 Å². The van der Waals surface area contributed by atoms with Crippen LogP contribution in [0.2, 0.25) is 0 Å². The highest BCUT2D eigenvalue weighted by molar-refractivity contribution is 7.80. The number of benzene rings is 2. The summed E-state index contributed by atoms with van der Waals surface area (Å²) in [6.45, 7) is 4.26. The molecule has 3 heteroatoms. The maximum atomic E-state index is 6.02. The second-order valence-corrected chi connectivity index (χ2v) is 5.18. The molecule has 0 bridgehead atoms. The molecule has 1 unspecified atom stereocenters. The van der Waals surface area contributed by atoms with E-state index in [4.69, 9.17) is 22.7 Å². The van der Waals surface area contributed by atoms with E-state index in [0.717, 1.165) is 34.9 Å². The highest BCUT2D eigenvalue weighted by Crippen LogP contribution is 2.29. The summed E-state index contributed by atoms with van der Waals surface area (Å²) in [4.78, 5) is 0.421. The molecule has 0 amide bonds. The molecule has 0 saturated carbocycles. The number of thiocarbonyl (C=S) groups is 1. The molecule has 0 spiro atoms. The van der Waals surface area contributed by atoms with E-state index >= 15 is 0 Å². The van der Waals surface area contributed by atoms with Gasteiger partial charge in [0.1, 0.15) is 10.7 Å². The number of hydrogen-bond donors (Lipinski definition) is 1. The number of nitrogens with two attached hydrogens (primary N) is 1. The molecule has 0 aromatic heterocycles. The Balaban J connectivity index is 2.46. The third-order valence-electron chi connectivity index (χ3n) is 3.17. The number of rotatable bonds is 5. The largest absolute Gasteiger partial charge is 0.490 e. The van der Waals surface area contributed by atoms with Gasteiger partial charge in [-0.1, -0.05) is 49.8 Å². The van der Waals surface area contributed by atoms with E-state index in [0.29, 0.717) is 4.99 Å². The fourth-order valence-corrected chi connectivity index (χ4v) is 2.45. The SMILES string of the molecule is CCCC(C)Oc1ccc(C(N)=S)c2ccccc12. The highest BCUT2D eigenvalue weighted by Gasteiger charge is 2.10. The predicted octanol–water partition coefficient (Wildman–Crippen LogP) is 4.04. The van der Waals surface area contributed by atoms with Crippen LogP contribution in [-0.4, -0.2) is 11.1 Å². The predicted molar refractivity (Wildman–Crippen MR) is 84.8 cm³/mol.